The number of benzene rings is 1. The maximum atomic E-state index is 11.1. The van der Waals surface area contributed by atoms with Gasteiger partial charge in [-0.25, -0.2) is 0 Å². The lowest BCUT2D eigenvalue weighted by Crippen LogP contribution is -2.22. The lowest BCUT2D eigenvalue weighted by atomic mass is 10.1. The summed E-state index contributed by atoms with van der Waals surface area (Å²) in [4.78, 5) is 11.1. The van der Waals surface area contributed by atoms with Crippen LogP contribution in [0, 0.1) is 0 Å². The van der Waals surface area contributed by atoms with Gasteiger partial charge in [0.25, 0.3) is 0 Å². The van der Waals surface area contributed by atoms with Crippen molar-refractivity contribution in [2.75, 3.05) is 18.5 Å². The number of hydrogen-bond donors (Lipinski definition) is 0. The third kappa shape index (κ3) is 7.29. The van der Waals surface area contributed by atoms with E-state index in [-0.39, 0.29) is 17.6 Å². The first-order chi connectivity index (χ1) is 11.3. The Morgan fingerprint density at radius 3 is 3.09 bits per heavy atom. The van der Waals surface area contributed by atoms with Gasteiger partial charge in [-0.2, -0.15) is 0 Å². The average Bonchev–Trinajstić information content (AvgIpc) is 2.60. The molecule has 1 heterocycles. The molecule has 0 spiro atoms. The van der Waals surface area contributed by atoms with E-state index in [9.17, 15) is 4.79 Å². The first kappa shape index (κ1) is 18.2. The van der Waals surface area contributed by atoms with Gasteiger partial charge in [0, 0.05) is 6.61 Å². The van der Waals surface area contributed by atoms with Crippen LogP contribution in [0.2, 0.25) is 0 Å². The van der Waals surface area contributed by atoms with Crippen LogP contribution < -0.4 is 0 Å². The van der Waals surface area contributed by atoms with E-state index in [1.807, 2.05) is 24.3 Å². The highest BCUT2D eigenvalue weighted by Gasteiger charge is 2.12. The molecule has 0 aromatic heterocycles. The smallest absolute Gasteiger partial charge is 0.316 e. The summed E-state index contributed by atoms with van der Waals surface area (Å²) in [5.74, 6) is -0.256. The summed E-state index contributed by atoms with van der Waals surface area (Å²) in [7, 11) is 0. The van der Waals surface area contributed by atoms with E-state index < -0.39 is 0 Å². The van der Waals surface area contributed by atoms with Gasteiger partial charge < -0.3 is 14.2 Å². The third-order valence-corrected chi connectivity index (χ3v) is 3.95. The Labute approximate surface area is 145 Å². The van der Waals surface area contributed by atoms with Crippen molar-refractivity contribution in [2.24, 2.45) is 0 Å². The maximum absolute atomic E-state index is 11.1. The van der Waals surface area contributed by atoms with Crippen molar-refractivity contribution >= 4 is 28.0 Å². The molecule has 126 valence electrons. The van der Waals surface area contributed by atoms with Crippen LogP contribution in [0.4, 0.5) is 0 Å². The number of ether oxygens (including phenoxy) is 3. The molecule has 0 radical (unpaired) electrons. The zero-order chi connectivity index (χ0) is 16.3. The van der Waals surface area contributed by atoms with E-state index in [1.165, 1.54) is 6.42 Å². The van der Waals surface area contributed by atoms with Gasteiger partial charge in [0.1, 0.15) is 11.9 Å². The second kappa shape index (κ2) is 10.6. The number of esters is 1. The van der Waals surface area contributed by atoms with Crippen molar-refractivity contribution in [3.63, 3.8) is 0 Å². The zero-order valence-electron chi connectivity index (χ0n) is 13.2. The number of carbonyl (C=O) groups is 1. The molecule has 2 rings (SSSR count). The van der Waals surface area contributed by atoms with Crippen LogP contribution in [0.25, 0.3) is 6.08 Å². The van der Waals surface area contributed by atoms with E-state index in [0.717, 1.165) is 37.0 Å². The Hall–Kier alpha value is -1.17. The van der Waals surface area contributed by atoms with Gasteiger partial charge in [-0.05, 0) is 42.9 Å². The van der Waals surface area contributed by atoms with Crippen LogP contribution in [0.3, 0.4) is 0 Å². The predicted octanol–water partition coefficient (Wildman–Crippen LogP) is 4.07. The van der Waals surface area contributed by atoms with Gasteiger partial charge in [-0.1, -0.05) is 46.3 Å². The largest absolute Gasteiger partial charge is 0.460 e. The van der Waals surface area contributed by atoms with Crippen molar-refractivity contribution in [2.45, 2.75) is 38.6 Å². The molecular formula is C18H23BrO4. The summed E-state index contributed by atoms with van der Waals surface area (Å²) in [5, 5.41) is 0.220. The summed E-state index contributed by atoms with van der Waals surface area (Å²) in [6, 6.07) is 7.95. The van der Waals surface area contributed by atoms with Gasteiger partial charge in [-0.15, -0.1) is 0 Å². The van der Waals surface area contributed by atoms with Crippen molar-refractivity contribution < 1.29 is 19.0 Å². The van der Waals surface area contributed by atoms with Crippen LogP contribution in [-0.2, 0) is 25.6 Å². The summed E-state index contributed by atoms with van der Waals surface area (Å²) in [6.07, 6.45) is 8.30. The number of rotatable bonds is 8. The third-order valence-electron chi connectivity index (χ3n) is 3.50. The minimum Gasteiger partial charge on any atom is -0.460 e. The van der Waals surface area contributed by atoms with Gasteiger partial charge >= 0.3 is 5.97 Å². The Bertz CT molecular complexity index is 509. The molecular weight excluding hydrogens is 360 g/mol. The highest BCUT2D eigenvalue weighted by molar-refractivity contribution is 9.09. The quantitative estimate of drug-likeness (QED) is 0.386. The Kier molecular flexibility index (Phi) is 8.36. The molecule has 1 aliphatic heterocycles. The molecule has 0 amide bonds. The maximum Gasteiger partial charge on any atom is 0.316 e. The van der Waals surface area contributed by atoms with Crippen LogP contribution in [0.1, 0.15) is 36.8 Å². The number of alkyl halides is 1. The first-order valence-corrected chi connectivity index (χ1v) is 9.10. The minimum atomic E-state index is -0.256. The highest BCUT2D eigenvalue weighted by atomic mass is 79.9. The molecule has 23 heavy (non-hydrogen) atoms. The predicted molar refractivity (Wildman–Crippen MR) is 93.2 cm³/mol. The second-order valence-electron chi connectivity index (χ2n) is 5.40. The summed E-state index contributed by atoms with van der Waals surface area (Å²) in [5.41, 5.74) is 2.07. The van der Waals surface area contributed by atoms with Gasteiger partial charge in [-0.3, -0.25) is 4.79 Å². The Balaban J connectivity index is 1.70. The van der Waals surface area contributed by atoms with Gasteiger partial charge in [0.15, 0.2) is 6.29 Å². The van der Waals surface area contributed by atoms with Crippen molar-refractivity contribution in [3.8, 4) is 0 Å². The molecule has 5 heteroatoms. The number of hydrogen-bond acceptors (Lipinski definition) is 4. The van der Waals surface area contributed by atoms with Crippen LogP contribution in [0.15, 0.2) is 30.3 Å². The minimum absolute atomic E-state index is 0.0235. The highest BCUT2D eigenvalue weighted by Crippen LogP contribution is 2.14. The van der Waals surface area contributed by atoms with Crippen molar-refractivity contribution in [1.29, 1.82) is 0 Å². The lowest BCUT2D eigenvalue weighted by molar-refractivity contribution is -0.161. The molecule has 0 saturated carbocycles. The Morgan fingerprint density at radius 1 is 1.39 bits per heavy atom. The molecule has 0 aliphatic carbocycles. The normalized spacial score (nSPS) is 18.2. The fraction of sp³-hybridized carbons (Fsp3) is 0.500. The van der Waals surface area contributed by atoms with E-state index >= 15 is 0 Å². The average molecular weight is 383 g/mol. The van der Waals surface area contributed by atoms with E-state index in [1.54, 1.807) is 0 Å². The number of halogens is 1. The SMILES string of the molecule is O=C(CBr)OCc1cccc(/C=C/CCOC2CCCCO2)c1. The van der Waals surface area contributed by atoms with Gasteiger partial charge in [0.05, 0.1) is 6.61 Å². The topological polar surface area (TPSA) is 44.8 Å². The van der Waals surface area contributed by atoms with E-state index in [0.29, 0.717) is 13.2 Å². The molecule has 4 nitrogen and oxygen atoms in total. The van der Waals surface area contributed by atoms with Crippen molar-refractivity contribution in [3.05, 3.63) is 41.5 Å². The van der Waals surface area contributed by atoms with Crippen LogP contribution in [0.5, 0.6) is 0 Å². The zero-order valence-corrected chi connectivity index (χ0v) is 14.8. The molecule has 0 N–H and O–H groups in total. The van der Waals surface area contributed by atoms with Crippen LogP contribution in [-0.4, -0.2) is 30.8 Å². The van der Waals surface area contributed by atoms with E-state index in [2.05, 4.69) is 28.1 Å². The van der Waals surface area contributed by atoms with Crippen molar-refractivity contribution in [1.82, 2.24) is 0 Å². The van der Waals surface area contributed by atoms with Crippen LogP contribution >= 0.6 is 15.9 Å². The molecule has 1 aliphatic rings. The lowest BCUT2D eigenvalue weighted by Gasteiger charge is -2.22. The van der Waals surface area contributed by atoms with Gasteiger partial charge in [0.2, 0.25) is 0 Å². The summed E-state index contributed by atoms with van der Waals surface area (Å²) >= 11 is 3.07. The summed E-state index contributed by atoms with van der Waals surface area (Å²) < 4.78 is 16.3. The molecule has 1 aromatic rings. The first-order valence-electron chi connectivity index (χ1n) is 7.98. The standard InChI is InChI=1S/C18H23BrO4/c19-13-17(20)23-14-16-8-5-7-15(12-16)6-1-3-10-21-18-9-2-4-11-22-18/h1,5-8,12,18H,2-4,9-11,13-14H2/b6-1+. The Morgan fingerprint density at radius 2 is 2.30 bits per heavy atom. The molecule has 1 saturated heterocycles. The second-order valence-corrected chi connectivity index (χ2v) is 5.96. The fourth-order valence-corrected chi connectivity index (χ4v) is 2.48. The molecule has 1 unspecified atom stereocenters. The molecule has 1 atom stereocenters. The molecule has 1 fully saturated rings. The summed E-state index contributed by atoms with van der Waals surface area (Å²) in [6.45, 7) is 1.78. The fourth-order valence-electron chi connectivity index (χ4n) is 2.32. The number of carbonyl (C=O) groups excluding carboxylic acids is 1. The molecule has 0 bridgehead atoms. The molecule has 1 aromatic carbocycles. The monoisotopic (exact) mass is 382 g/mol. The van der Waals surface area contributed by atoms with E-state index in [4.69, 9.17) is 14.2 Å².